The van der Waals surface area contributed by atoms with Crippen molar-refractivity contribution in [1.82, 2.24) is 15.2 Å². The minimum Gasteiger partial charge on any atom is -0.406 e. The van der Waals surface area contributed by atoms with E-state index in [1.165, 1.54) is 25.3 Å². The lowest BCUT2D eigenvalue weighted by Gasteiger charge is -2.25. The summed E-state index contributed by atoms with van der Waals surface area (Å²) in [5.74, 6) is -0.847. The van der Waals surface area contributed by atoms with Gasteiger partial charge in [-0.2, -0.15) is 0 Å². The van der Waals surface area contributed by atoms with Crippen molar-refractivity contribution < 1.29 is 32.6 Å². The van der Waals surface area contributed by atoms with Crippen LogP contribution in [0.3, 0.4) is 0 Å². The van der Waals surface area contributed by atoms with E-state index in [0.29, 0.717) is 27.9 Å². The number of hydrogen-bond donors (Lipinski definition) is 2. The van der Waals surface area contributed by atoms with E-state index in [9.17, 15) is 22.8 Å². The van der Waals surface area contributed by atoms with E-state index in [-0.39, 0.29) is 43.7 Å². The zero-order chi connectivity index (χ0) is 22.8. The van der Waals surface area contributed by atoms with Gasteiger partial charge in [-0.25, -0.2) is 0 Å². The Bertz CT molecular complexity index is 994. The largest absolute Gasteiger partial charge is 0.573 e. The van der Waals surface area contributed by atoms with Gasteiger partial charge in [-0.3, -0.25) is 14.6 Å². The number of halogens is 3. The Labute approximate surface area is 176 Å². The molecule has 7 nitrogen and oxygen atoms in total. The summed E-state index contributed by atoms with van der Waals surface area (Å²) in [5.41, 5.74) is 2.52. The maximum Gasteiger partial charge on any atom is 0.573 e. The van der Waals surface area contributed by atoms with Gasteiger partial charge in [0.25, 0.3) is 5.91 Å². The summed E-state index contributed by atoms with van der Waals surface area (Å²) in [6.07, 6.45) is -3.34. The van der Waals surface area contributed by atoms with Crippen LogP contribution in [0.15, 0.2) is 30.5 Å². The molecular formula is C21H22F3N3O4. The van der Waals surface area contributed by atoms with Crippen LogP contribution in [0.2, 0.25) is 0 Å². The molecule has 0 saturated carbocycles. The molecule has 10 heteroatoms. The highest BCUT2D eigenvalue weighted by Crippen LogP contribution is 2.34. The zero-order valence-corrected chi connectivity index (χ0v) is 17.0. The summed E-state index contributed by atoms with van der Waals surface area (Å²) in [7, 11) is 0. The molecule has 1 aliphatic rings. The SMILES string of the molecule is Cc1cc(C(C)N2Cc3c(ccnc3CC(=O)NCCO)C2=O)ccc1OC(F)(F)F. The van der Waals surface area contributed by atoms with E-state index in [1.807, 2.05) is 0 Å². The number of hydrogen-bond acceptors (Lipinski definition) is 5. The van der Waals surface area contributed by atoms with Crippen molar-refractivity contribution in [3.05, 3.63) is 58.4 Å². The minimum atomic E-state index is -4.78. The molecule has 1 aromatic heterocycles. The Morgan fingerprint density at radius 1 is 1.35 bits per heavy atom. The van der Waals surface area contributed by atoms with Crippen LogP contribution in [0, 0.1) is 6.92 Å². The maximum atomic E-state index is 13.0. The normalized spacial score (nSPS) is 14.4. The number of nitrogens with zero attached hydrogens (tertiary/aromatic N) is 2. The molecule has 2 heterocycles. The Kier molecular flexibility index (Phi) is 6.49. The second-order valence-electron chi connectivity index (χ2n) is 7.22. The first-order chi connectivity index (χ1) is 14.6. The smallest absolute Gasteiger partial charge is 0.406 e. The molecule has 1 atom stereocenters. The number of benzene rings is 1. The summed E-state index contributed by atoms with van der Waals surface area (Å²) in [4.78, 5) is 30.8. The molecule has 2 aromatic rings. The molecule has 0 bridgehead atoms. The van der Waals surface area contributed by atoms with Gasteiger partial charge in [0, 0.05) is 30.4 Å². The lowest BCUT2D eigenvalue weighted by Crippen LogP contribution is -2.28. The molecule has 0 fully saturated rings. The highest BCUT2D eigenvalue weighted by atomic mass is 19.4. The summed E-state index contributed by atoms with van der Waals surface area (Å²) < 4.78 is 41.5. The number of aliphatic hydroxyl groups is 1. The topological polar surface area (TPSA) is 91.8 Å². The highest BCUT2D eigenvalue weighted by molar-refractivity contribution is 5.99. The predicted molar refractivity (Wildman–Crippen MR) is 104 cm³/mol. The van der Waals surface area contributed by atoms with Crippen LogP contribution in [0.25, 0.3) is 0 Å². The van der Waals surface area contributed by atoms with Gasteiger partial charge in [0.05, 0.1) is 24.8 Å². The van der Waals surface area contributed by atoms with E-state index in [4.69, 9.17) is 5.11 Å². The zero-order valence-electron chi connectivity index (χ0n) is 17.0. The van der Waals surface area contributed by atoms with Crippen molar-refractivity contribution in [3.63, 3.8) is 0 Å². The average Bonchev–Trinajstić information content (AvgIpc) is 3.04. The number of ether oxygens (including phenoxy) is 1. The first kappa shape index (κ1) is 22.5. The fourth-order valence-corrected chi connectivity index (χ4v) is 3.54. The monoisotopic (exact) mass is 437 g/mol. The van der Waals surface area contributed by atoms with E-state index in [0.717, 1.165) is 0 Å². The van der Waals surface area contributed by atoms with Crippen molar-refractivity contribution >= 4 is 11.8 Å². The molecule has 0 saturated heterocycles. The van der Waals surface area contributed by atoms with Crippen LogP contribution in [0.5, 0.6) is 5.75 Å². The van der Waals surface area contributed by atoms with Gasteiger partial charge >= 0.3 is 6.36 Å². The number of carbonyl (C=O) groups is 2. The van der Waals surface area contributed by atoms with Crippen molar-refractivity contribution in [2.24, 2.45) is 0 Å². The molecule has 0 spiro atoms. The Morgan fingerprint density at radius 3 is 2.74 bits per heavy atom. The number of aliphatic hydroxyl groups excluding tert-OH is 1. The van der Waals surface area contributed by atoms with E-state index >= 15 is 0 Å². The molecule has 1 unspecified atom stereocenters. The minimum absolute atomic E-state index is 0.0265. The summed E-state index contributed by atoms with van der Waals surface area (Å²) in [6, 6.07) is 5.46. The van der Waals surface area contributed by atoms with Gasteiger partial charge in [0.15, 0.2) is 0 Å². The van der Waals surface area contributed by atoms with Gasteiger partial charge in [0.1, 0.15) is 5.75 Å². The van der Waals surface area contributed by atoms with Gasteiger partial charge < -0.3 is 20.1 Å². The summed E-state index contributed by atoms with van der Waals surface area (Å²) in [6.45, 7) is 3.46. The summed E-state index contributed by atoms with van der Waals surface area (Å²) in [5, 5.41) is 11.4. The van der Waals surface area contributed by atoms with Crippen LogP contribution >= 0.6 is 0 Å². The molecule has 3 rings (SSSR count). The van der Waals surface area contributed by atoms with Crippen LogP contribution in [-0.2, 0) is 17.8 Å². The molecule has 0 aliphatic carbocycles. The number of aryl methyl sites for hydroxylation is 1. The van der Waals surface area contributed by atoms with Crippen LogP contribution in [0.1, 0.15) is 45.7 Å². The third kappa shape index (κ3) is 5.13. The first-order valence-corrected chi connectivity index (χ1v) is 9.62. The molecular weight excluding hydrogens is 415 g/mol. The van der Waals surface area contributed by atoms with Crippen molar-refractivity contribution in [1.29, 1.82) is 0 Å². The second-order valence-corrected chi connectivity index (χ2v) is 7.22. The number of rotatable bonds is 7. The average molecular weight is 437 g/mol. The number of aromatic nitrogens is 1. The number of amides is 2. The number of alkyl halides is 3. The van der Waals surface area contributed by atoms with Crippen molar-refractivity contribution in [3.8, 4) is 5.75 Å². The molecule has 1 aromatic carbocycles. The Morgan fingerprint density at radius 2 is 2.10 bits per heavy atom. The number of fused-ring (bicyclic) bond motifs is 1. The van der Waals surface area contributed by atoms with Crippen molar-refractivity contribution in [2.45, 2.75) is 39.2 Å². The Hall–Kier alpha value is -3.14. The molecule has 0 radical (unpaired) electrons. The van der Waals surface area contributed by atoms with Crippen molar-refractivity contribution in [2.75, 3.05) is 13.2 Å². The number of pyridine rings is 1. The third-order valence-corrected chi connectivity index (χ3v) is 5.10. The van der Waals surface area contributed by atoms with Crippen LogP contribution in [0.4, 0.5) is 13.2 Å². The summed E-state index contributed by atoms with van der Waals surface area (Å²) >= 11 is 0. The predicted octanol–water partition coefficient (Wildman–Crippen LogP) is 2.66. The Balaban J connectivity index is 1.79. The van der Waals surface area contributed by atoms with E-state index in [2.05, 4.69) is 15.0 Å². The maximum absolute atomic E-state index is 13.0. The third-order valence-electron chi connectivity index (χ3n) is 5.10. The molecule has 1 aliphatic heterocycles. The second kappa shape index (κ2) is 8.93. The van der Waals surface area contributed by atoms with Gasteiger partial charge in [-0.15, -0.1) is 13.2 Å². The van der Waals surface area contributed by atoms with E-state index < -0.39 is 12.4 Å². The fraction of sp³-hybridized carbons (Fsp3) is 0.381. The lowest BCUT2D eigenvalue weighted by molar-refractivity contribution is -0.274. The quantitative estimate of drug-likeness (QED) is 0.695. The van der Waals surface area contributed by atoms with Gasteiger partial charge in [0.2, 0.25) is 5.91 Å². The van der Waals surface area contributed by atoms with Gasteiger partial charge in [-0.1, -0.05) is 12.1 Å². The molecule has 166 valence electrons. The molecule has 31 heavy (non-hydrogen) atoms. The standard InChI is InChI=1S/C21H22F3N3O4/c1-12-9-14(3-4-18(12)31-21(22,23)24)13(2)27-11-16-15(20(27)30)5-6-25-17(16)10-19(29)26-7-8-28/h3-6,9,13,28H,7-8,10-11H2,1-2H3,(H,26,29). The number of nitrogens with one attached hydrogen (secondary N) is 1. The first-order valence-electron chi connectivity index (χ1n) is 9.62. The molecule has 2 amide bonds. The van der Waals surface area contributed by atoms with Gasteiger partial charge in [-0.05, 0) is 37.1 Å². The van der Waals surface area contributed by atoms with Crippen LogP contribution in [-0.4, -0.2) is 46.3 Å². The fourth-order valence-electron chi connectivity index (χ4n) is 3.54. The lowest BCUT2D eigenvalue weighted by atomic mass is 10.0. The highest BCUT2D eigenvalue weighted by Gasteiger charge is 2.35. The number of carbonyl (C=O) groups excluding carboxylic acids is 2. The van der Waals surface area contributed by atoms with E-state index in [1.54, 1.807) is 24.0 Å². The van der Waals surface area contributed by atoms with Crippen LogP contribution < -0.4 is 10.1 Å². The molecule has 2 N–H and O–H groups in total.